The third-order valence-electron chi connectivity index (χ3n) is 5.58. The number of nitrogens with zero attached hydrogens (tertiary/aromatic N) is 1. The number of likely N-dealkylation sites (tertiary alicyclic amines) is 1. The van der Waals surface area contributed by atoms with Gasteiger partial charge in [0.05, 0.1) is 32.0 Å². The van der Waals surface area contributed by atoms with E-state index in [2.05, 4.69) is 0 Å². The van der Waals surface area contributed by atoms with Crippen LogP contribution in [-0.4, -0.2) is 69.7 Å². The van der Waals surface area contributed by atoms with E-state index in [9.17, 15) is 14.4 Å². The number of methoxy groups -OCH3 is 2. The second-order valence-electron chi connectivity index (χ2n) is 7.89. The Labute approximate surface area is 204 Å². The second kappa shape index (κ2) is 12.6. The van der Waals surface area contributed by atoms with Gasteiger partial charge < -0.3 is 28.6 Å². The Morgan fingerprint density at radius 2 is 1.60 bits per heavy atom. The minimum absolute atomic E-state index is 0.0805. The van der Waals surface area contributed by atoms with Crippen LogP contribution in [0.5, 0.6) is 23.0 Å². The van der Waals surface area contributed by atoms with Gasteiger partial charge in [-0.15, -0.1) is 0 Å². The summed E-state index contributed by atoms with van der Waals surface area (Å²) in [7, 11) is 2.95. The molecule has 0 saturated carbocycles. The smallest absolute Gasteiger partial charge is 0.338 e. The molecule has 1 amide bonds. The number of piperidine rings is 1. The van der Waals surface area contributed by atoms with E-state index >= 15 is 0 Å². The quantitative estimate of drug-likeness (QED) is 0.352. The van der Waals surface area contributed by atoms with E-state index in [0.29, 0.717) is 29.6 Å². The van der Waals surface area contributed by atoms with Crippen LogP contribution in [0.25, 0.3) is 0 Å². The molecule has 0 unspecified atom stereocenters. The Bertz CT molecular complexity index is 1050. The van der Waals surface area contributed by atoms with Gasteiger partial charge in [0.1, 0.15) is 11.5 Å². The predicted octanol–water partition coefficient (Wildman–Crippen LogP) is 3.53. The van der Waals surface area contributed by atoms with Crippen LogP contribution in [0.4, 0.5) is 0 Å². The fourth-order valence-corrected chi connectivity index (χ4v) is 3.72. The fourth-order valence-electron chi connectivity index (χ4n) is 3.72. The van der Waals surface area contributed by atoms with Crippen molar-refractivity contribution in [3.63, 3.8) is 0 Å². The average Bonchev–Trinajstić information content (AvgIpc) is 2.90. The number of ether oxygens (including phenoxy) is 5. The summed E-state index contributed by atoms with van der Waals surface area (Å²) in [5.74, 6) is 0.345. The van der Waals surface area contributed by atoms with Gasteiger partial charge in [-0.2, -0.15) is 0 Å². The van der Waals surface area contributed by atoms with E-state index in [4.69, 9.17) is 23.7 Å². The highest BCUT2D eigenvalue weighted by molar-refractivity contribution is 6.01. The molecule has 2 aromatic carbocycles. The van der Waals surface area contributed by atoms with Gasteiger partial charge in [0, 0.05) is 19.2 Å². The number of Topliss-reactive ketones (excluding diaryl/α,β-unsaturated/α-hetero) is 1. The first-order chi connectivity index (χ1) is 17.0. The van der Waals surface area contributed by atoms with Crippen LogP contribution in [0.15, 0.2) is 36.4 Å². The van der Waals surface area contributed by atoms with Crippen LogP contribution >= 0.6 is 0 Å². The lowest BCUT2D eigenvalue weighted by molar-refractivity contribution is -0.134. The lowest BCUT2D eigenvalue weighted by Gasteiger charge is -2.26. The molecular weight excluding hydrogens is 454 g/mol. The molecule has 1 aliphatic heterocycles. The van der Waals surface area contributed by atoms with E-state index in [0.717, 1.165) is 32.4 Å². The Morgan fingerprint density at radius 3 is 2.29 bits per heavy atom. The normalized spacial score (nSPS) is 13.1. The molecule has 3 rings (SSSR count). The number of hydrogen-bond acceptors (Lipinski definition) is 8. The van der Waals surface area contributed by atoms with Crippen molar-refractivity contribution in [3.8, 4) is 23.0 Å². The van der Waals surface area contributed by atoms with Crippen molar-refractivity contribution in [1.29, 1.82) is 0 Å². The van der Waals surface area contributed by atoms with Crippen LogP contribution in [0.1, 0.15) is 46.9 Å². The Hall–Kier alpha value is -3.75. The van der Waals surface area contributed by atoms with Gasteiger partial charge in [0.15, 0.2) is 24.7 Å². The molecule has 188 valence electrons. The van der Waals surface area contributed by atoms with Gasteiger partial charge in [-0.05, 0) is 56.5 Å². The van der Waals surface area contributed by atoms with Crippen LogP contribution in [-0.2, 0) is 9.53 Å². The summed E-state index contributed by atoms with van der Waals surface area (Å²) in [5.41, 5.74) is 0.468. The molecule has 1 heterocycles. The van der Waals surface area contributed by atoms with Gasteiger partial charge in [0.25, 0.3) is 5.91 Å². The van der Waals surface area contributed by atoms with Crippen LogP contribution < -0.4 is 18.9 Å². The molecule has 0 radical (unpaired) electrons. The zero-order valence-corrected chi connectivity index (χ0v) is 20.3. The third-order valence-corrected chi connectivity index (χ3v) is 5.58. The zero-order valence-electron chi connectivity index (χ0n) is 20.3. The number of carbonyl (C=O) groups is 3. The van der Waals surface area contributed by atoms with Gasteiger partial charge in [0.2, 0.25) is 5.78 Å². The van der Waals surface area contributed by atoms with Gasteiger partial charge in [-0.1, -0.05) is 0 Å². The van der Waals surface area contributed by atoms with Crippen molar-refractivity contribution in [2.75, 3.05) is 47.1 Å². The number of hydrogen-bond donors (Lipinski definition) is 0. The molecule has 1 fully saturated rings. The monoisotopic (exact) mass is 485 g/mol. The molecule has 0 atom stereocenters. The van der Waals surface area contributed by atoms with E-state index in [1.54, 1.807) is 36.1 Å². The van der Waals surface area contributed by atoms with Crippen LogP contribution in [0, 0.1) is 0 Å². The SMILES string of the molecule is CCOc1cc(C(=O)OCC(=O)c2ccc(OC)cc2OC)ccc1OCC(=O)N1CCCCC1. The molecule has 1 saturated heterocycles. The highest BCUT2D eigenvalue weighted by Gasteiger charge is 2.20. The Morgan fingerprint density at radius 1 is 0.829 bits per heavy atom. The largest absolute Gasteiger partial charge is 0.497 e. The molecule has 9 heteroatoms. The van der Waals surface area contributed by atoms with Gasteiger partial charge >= 0.3 is 5.97 Å². The first kappa shape index (κ1) is 25.9. The van der Waals surface area contributed by atoms with E-state index in [-0.39, 0.29) is 23.6 Å². The fraction of sp³-hybridized carbons (Fsp3) is 0.423. The topological polar surface area (TPSA) is 101 Å². The van der Waals surface area contributed by atoms with E-state index in [1.165, 1.54) is 26.4 Å². The molecule has 0 spiro atoms. The first-order valence-electron chi connectivity index (χ1n) is 11.6. The summed E-state index contributed by atoms with van der Waals surface area (Å²) >= 11 is 0. The maximum atomic E-state index is 12.6. The highest BCUT2D eigenvalue weighted by atomic mass is 16.5. The maximum absolute atomic E-state index is 12.6. The zero-order chi connectivity index (χ0) is 25.2. The van der Waals surface area contributed by atoms with Crippen molar-refractivity contribution >= 4 is 17.7 Å². The van der Waals surface area contributed by atoms with Crippen LogP contribution in [0.2, 0.25) is 0 Å². The van der Waals surface area contributed by atoms with Gasteiger partial charge in [-0.25, -0.2) is 4.79 Å². The van der Waals surface area contributed by atoms with Crippen molar-refractivity contribution in [3.05, 3.63) is 47.5 Å². The minimum Gasteiger partial charge on any atom is -0.497 e. The molecule has 0 N–H and O–H groups in total. The van der Waals surface area contributed by atoms with Crippen molar-refractivity contribution in [1.82, 2.24) is 4.90 Å². The molecular formula is C26H31NO8. The molecule has 9 nitrogen and oxygen atoms in total. The van der Waals surface area contributed by atoms with Crippen LogP contribution in [0.3, 0.4) is 0 Å². The number of rotatable bonds is 11. The lowest BCUT2D eigenvalue weighted by Crippen LogP contribution is -2.38. The number of carbonyl (C=O) groups excluding carboxylic acids is 3. The molecule has 35 heavy (non-hydrogen) atoms. The summed E-state index contributed by atoms with van der Waals surface area (Å²) < 4.78 is 26.9. The average molecular weight is 486 g/mol. The summed E-state index contributed by atoms with van der Waals surface area (Å²) in [6.07, 6.45) is 3.14. The summed E-state index contributed by atoms with van der Waals surface area (Å²) in [5, 5.41) is 0. The standard InChI is InChI=1S/C26H31NO8/c1-4-33-24-14-18(8-11-22(24)34-17-25(29)27-12-6-5-7-13-27)26(30)35-16-21(28)20-10-9-19(31-2)15-23(20)32-3/h8-11,14-15H,4-7,12-13,16-17H2,1-3H3. The molecule has 0 aromatic heterocycles. The lowest BCUT2D eigenvalue weighted by atomic mass is 10.1. The number of ketones is 1. The third kappa shape index (κ3) is 6.88. The molecule has 2 aromatic rings. The Kier molecular flexibility index (Phi) is 9.34. The van der Waals surface area contributed by atoms with Gasteiger partial charge in [-0.3, -0.25) is 9.59 Å². The number of benzene rings is 2. The van der Waals surface area contributed by atoms with Crippen molar-refractivity contribution < 1.29 is 38.1 Å². The van der Waals surface area contributed by atoms with E-state index < -0.39 is 18.4 Å². The number of esters is 1. The second-order valence-corrected chi connectivity index (χ2v) is 7.89. The molecule has 0 bridgehead atoms. The molecule has 1 aliphatic rings. The summed E-state index contributed by atoms with van der Waals surface area (Å²) in [6, 6.07) is 9.30. The number of amides is 1. The van der Waals surface area contributed by atoms with E-state index in [1.807, 2.05) is 0 Å². The van der Waals surface area contributed by atoms with Crippen molar-refractivity contribution in [2.45, 2.75) is 26.2 Å². The highest BCUT2D eigenvalue weighted by Crippen LogP contribution is 2.29. The summed E-state index contributed by atoms with van der Waals surface area (Å²) in [6.45, 7) is 3.05. The maximum Gasteiger partial charge on any atom is 0.338 e. The van der Waals surface area contributed by atoms with Crippen molar-refractivity contribution in [2.24, 2.45) is 0 Å². The Balaban J connectivity index is 1.62. The predicted molar refractivity (Wildman–Crippen MR) is 128 cm³/mol. The first-order valence-corrected chi connectivity index (χ1v) is 11.6. The minimum atomic E-state index is -0.692. The molecule has 0 aliphatic carbocycles. The summed E-state index contributed by atoms with van der Waals surface area (Å²) in [4.78, 5) is 39.4.